The van der Waals surface area contributed by atoms with E-state index in [1.54, 1.807) is 12.4 Å². The van der Waals surface area contributed by atoms with Crippen molar-refractivity contribution in [2.24, 2.45) is 5.92 Å². The Bertz CT molecular complexity index is 762. The van der Waals surface area contributed by atoms with Crippen LogP contribution >= 0.6 is 0 Å². The number of hydrogen-bond acceptors (Lipinski definition) is 6. The van der Waals surface area contributed by atoms with Gasteiger partial charge in [0.05, 0.1) is 18.3 Å². The van der Waals surface area contributed by atoms with E-state index in [4.69, 9.17) is 18.6 Å². The summed E-state index contributed by atoms with van der Waals surface area (Å²) in [4.78, 5) is 15.9. The molecule has 0 radical (unpaired) electrons. The van der Waals surface area contributed by atoms with E-state index in [0.29, 0.717) is 5.92 Å². The van der Waals surface area contributed by atoms with Crippen LogP contribution in [0.15, 0.2) is 36.7 Å². The van der Waals surface area contributed by atoms with Crippen LogP contribution in [0, 0.1) is 5.92 Å². The van der Waals surface area contributed by atoms with Crippen molar-refractivity contribution in [2.45, 2.75) is 110 Å². The minimum atomic E-state index is -1.94. The average molecular weight is 478 g/mol. The first kappa shape index (κ1) is 27.7. The van der Waals surface area contributed by atoms with Crippen LogP contribution in [0.4, 0.5) is 0 Å². The maximum atomic E-state index is 11.9. The number of carbonyl (C=O) groups excluding carboxylic acids is 1. The van der Waals surface area contributed by atoms with E-state index in [1.807, 2.05) is 25.1 Å². The molecule has 0 unspecified atom stereocenters. The molecule has 0 saturated carbocycles. The predicted octanol–water partition coefficient (Wildman–Crippen LogP) is 6.03. The molecule has 1 fully saturated rings. The number of esters is 1. The molecule has 7 heteroatoms. The number of pyridine rings is 1. The summed E-state index contributed by atoms with van der Waals surface area (Å²) in [5.41, 5.74) is 0.916. The lowest BCUT2D eigenvalue weighted by atomic mass is 9.95. The zero-order valence-corrected chi connectivity index (χ0v) is 22.7. The van der Waals surface area contributed by atoms with Gasteiger partial charge in [-0.05, 0) is 74.9 Å². The Kier molecular flexibility index (Phi) is 10.3. The van der Waals surface area contributed by atoms with Gasteiger partial charge in [-0.3, -0.25) is 4.98 Å². The predicted molar refractivity (Wildman–Crippen MR) is 133 cm³/mol. The molecule has 0 spiro atoms. The van der Waals surface area contributed by atoms with Gasteiger partial charge in [0.1, 0.15) is 6.61 Å². The molecule has 2 rings (SSSR count). The first-order valence-electron chi connectivity index (χ1n) is 12.1. The number of hydrogen-bond donors (Lipinski definition) is 0. The molecule has 1 aliphatic rings. The molecule has 0 bridgehead atoms. The molecule has 1 aromatic heterocycles. The highest BCUT2D eigenvalue weighted by Gasteiger charge is 2.44. The van der Waals surface area contributed by atoms with Gasteiger partial charge in [0.15, 0.2) is 14.6 Å². The molecule has 0 aliphatic carbocycles. The van der Waals surface area contributed by atoms with Crippen molar-refractivity contribution >= 4 is 14.3 Å². The highest BCUT2D eigenvalue weighted by molar-refractivity contribution is 6.74. The van der Waals surface area contributed by atoms with Crippen molar-refractivity contribution in [1.82, 2.24) is 4.98 Å². The molecule has 5 atom stereocenters. The Balaban J connectivity index is 1.82. The van der Waals surface area contributed by atoms with E-state index in [0.717, 1.165) is 24.8 Å². The van der Waals surface area contributed by atoms with Gasteiger partial charge in [-0.1, -0.05) is 33.8 Å². The summed E-state index contributed by atoms with van der Waals surface area (Å²) in [6.45, 7) is 17.9. The molecule has 1 aliphatic heterocycles. The minimum absolute atomic E-state index is 0.0152. The van der Waals surface area contributed by atoms with E-state index in [1.165, 1.54) is 6.08 Å². The van der Waals surface area contributed by atoms with Crippen molar-refractivity contribution in [3.8, 4) is 0 Å². The third-order valence-corrected chi connectivity index (χ3v) is 11.3. The molecule has 0 N–H and O–H groups in total. The van der Waals surface area contributed by atoms with Gasteiger partial charge in [0.2, 0.25) is 0 Å². The molecule has 2 heterocycles. The average Bonchev–Trinajstić information content (AvgIpc) is 2.73. The monoisotopic (exact) mass is 477 g/mol. The zero-order chi connectivity index (χ0) is 24.6. The highest BCUT2D eigenvalue weighted by atomic mass is 28.4. The number of carbonyl (C=O) groups is 1. The maximum absolute atomic E-state index is 11.9. The van der Waals surface area contributed by atoms with Crippen molar-refractivity contribution < 1.29 is 23.4 Å². The van der Waals surface area contributed by atoms with Crippen LogP contribution in [0.5, 0.6) is 0 Å². The fraction of sp³-hybridized carbons (Fsp3) is 0.692. The molecule has 0 aromatic carbocycles. The second-order valence-electron chi connectivity index (χ2n) is 10.7. The van der Waals surface area contributed by atoms with E-state index in [2.05, 4.69) is 52.7 Å². The summed E-state index contributed by atoms with van der Waals surface area (Å²) < 4.78 is 24.5. The Labute approximate surface area is 201 Å². The van der Waals surface area contributed by atoms with Crippen molar-refractivity contribution in [2.75, 3.05) is 0 Å². The van der Waals surface area contributed by atoms with Gasteiger partial charge < -0.3 is 18.6 Å². The fourth-order valence-corrected chi connectivity index (χ4v) is 4.69. The van der Waals surface area contributed by atoms with E-state index >= 15 is 0 Å². The first-order valence-corrected chi connectivity index (χ1v) is 15.0. The third-order valence-electron chi connectivity index (χ3n) is 6.80. The Morgan fingerprint density at radius 2 is 1.94 bits per heavy atom. The van der Waals surface area contributed by atoms with Crippen LogP contribution in [0.3, 0.4) is 0 Å². The number of rotatable bonds is 10. The second-order valence-corrected chi connectivity index (χ2v) is 15.5. The van der Waals surface area contributed by atoms with E-state index in [9.17, 15) is 4.79 Å². The first-order chi connectivity index (χ1) is 15.4. The largest absolute Gasteiger partial charge is 0.458 e. The number of aromatic nitrogens is 1. The molecule has 0 amide bonds. The molecular weight excluding hydrogens is 434 g/mol. The van der Waals surface area contributed by atoms with E-state index in [-0.39, 0.29) is 42.2 Å². The van der Waals surface area contributed by atoms with Gasteiger partial charge in [0.25, 0.3) is 0 Å². The summed E-state index contributed by atoms with van der Waals surface area (Å²) in [7, 11) is -1.94. The summed E-state index contributed by atoms with van der Waals surface area (Å²) in [6.07, 6.45) is 8.82. The van der Waals surface area contributed by atoms with Crippen LogP contribution in [0.2, 0.25) is 18.1 Å². The summed E-state index contributed by atoms with van der Waals surface area (Å²) in [6, 6.07) is 3.65. The molecular formula is C26H43NO5Si. The third kappa shape index (κ3) is 8.96. The normalized spacial score (nSPS) is 25.2. The molecule has 33 heavy (non-hydrogen) atoms. The lowest BCUT2D eigenvalue weighted by Crippen LogP contribution is -2.53. The Hall–Kier alpha value is -1.54. The Morgan fingerprint density at radius 1 is 1.27 bits per heavy atom. The molecule has 1 aromatic rings. The smallest absolute Gasteiger partial charge is 0.330 e. The summed E-state index contributed by atoms with van der Waals surface area (Å²) in [5.74, 6) is 0.0812. The topological polar surface area (TPSA) is 66.9 Å². The Morgan fingerprint density at radius 3 is 2.58 bits per heavy atom. The van der Waals surface area contributed by atoms with Crippen LogP contribution in [-0.2, 0) is 30.0 Å². The summed E-state index contributed by atoms with van der Waals surface area (Å²) in [5, 5.41) is 0.131. The standard InChI is InChI=1S/C26H43NO5Si/c1-19-17-23(32-33(7,8)26(4,5)6)25(31-21(19)3)30-20(2)11-9-10-12-24(28)29-18-22-13-15-27-16-14-22/h10,12-16,19-21,23,25H,9,11,17-18H2,1-8H3/b12-10+/t19-,20-,21+,23-,25-/m1/s1. The molecule has 6 nitrogen and oxygen atoms in total. The van der Waals surface area contributed by atoms with Gasteiger partial charge >= 0.3 is 5.97 Å². The van der Waals surface area contributed by atoms with Crippen molar-refractivity contribution in [1.29, 1.82) is 0 Å². The molecule has 186 valence electrons. The van der Waals surface area contributed by atoms with Crippen molar-refractivity contribution in [3.63, 3.8) is 0 Å². The maximum Gasteiger partial charge on any atom is 0.330 e. The lowest BCUT2D eigenvalue weighted by Gasteiger charge is -2.45. The lowest BCUT2D eigenvalue weighted by molar-refractivity contribution is -0.259. The minimum Gasteiger partial charge on any atom is -0.458 e. The number of nitrogens with zero attached hydrogens (tertiary/aromatic N) is 1. The van der Waals surface area contributed by atoms with Crippen molar-refractivity contribution in [3.05, 3.63) is 42.2 Å². The molecule has 1 saturated heterocycles. The van der Waals surface area contributed by atoms with Gasteiger partial charge in [0, 0.05) is 18.5 Å². The SMILES string of the molecule is C[C@H](CC/C=C/C(=O)OCc1ccncc1)O[C@@H]1O[C@@H](C)[C@H](C)C[C@H]1O[Si](C)(C)C(C)(C)C. The van der Waals surface area contributed by atoms with Crippen LogP contribution in [0.1, 0.15) is 66.4 Å². The fourth-order valence-electron chi connectivity index (χ4n) is 3.37. The zero-order valence-electron chi connectivity index (χ0n) is 21.7. The van der Waals surface area contributed by atoms with Crippen LogP contribution < -0.4 is 0 Å². The van der Waals surface area contributed by atoms with Crippen LogP contribution in [0.25, 0.3) is 0 Å². The highest BCUT2D eigenvalue weighted by Crippen LogP contribution is 2.40. The number of ether oxygens (including phenoxy) is 3. The van der Waals surface area contributed by atoms with Gasteiger partial charge in [-0.2, -0.15) is 0 Å². The quantitative estimate of drug-likeness (QED) is 0.233. The van der Waals surface area contributed by atoms with Crippen LogP contribution in [-0.4, -0.2) is 43.9 Å². The number of allylic oxidation sites excluding steroid dienone is 1. The summed E-state index contributed by atoms with van der Waals surface area (Å²) >= 11 is 0. The van der Waals surface area contributed by atoms with E-state index < -0.39 is 8.32 Å². The second kappa shape index (κ2) is 12.2. The van der Waals surface area contributed by atoms with Gasteiger partial charge in [-0.25, -0.2) is 4.79 Å². The van der Waals surface area contributed by atoms with Gasteiger partial charge in [-0.15, -0.1) is 0 Å².